The molecule has 0 aliphatic carbocycles. The van der Waals surface area contributed by atoms with Crippen LogP contribution in [0.4, 0.5) is 85.3 Å². The van der Waals surface area contributed by atoms with Crippen molar-refractivity contribution in [2.45, 2.75) is 0 Å². The predicted octanol–water partition coefficient (Wildman–Crippen LogP) is 17.2. The highest BCUT2D eigenvalue weighted by Crippen LogP contribution is 2.68. The lowest BCUT2D eigenvalue weighted by molar-refractivity contribution is 0.959. The van der Waals surface area contributed by atoms with Gasteiger partial charge in [0, 0.05) is 44.9 Å². The van der Waals surface area contributed by atoms with E-state index in [9.17, 15) is 0 Å². The summed E-state index contributed by atoms with van der Waals surface area (Å²) < 4.78 is 2.30. The predicted molar refractivity (Wildman–Crippen MR) is 305 cm³/mol. The van der Waals surface area contributed by atoms with E-state index in [0.29, 0.717) is 0 Å². The molecule has 0 saturated carbocycles. The Labute approximate surface area is 425 Å². The van der Waals surface area contributed by atoms with E-state index in [1.165, 1.54) is 0 Å². The van der Waals surface area contributed by atoms with Crippen molar-refractivity contribution in [1.82, 2.24) is 9.55 Å². The Morgan fingerprint density at radius 2 is 0.534 bits per heavy atom. The van der Waals surface area contributed by atoms with Crippen molar-refractivity contribution >= 4 is 96.3 Å². The zero-order valence-electron chi connectivity index (χ0n) is 41.0. The van der Waals surface area contributed by atoms with E-state index >= 15 is 0 Å². The normalized spacial score (nSPS) is 13.3. The van der Waals surface area contributed by atoms with Crippen LogP contribution in [0.1, 0.15) is 0 Å². The van der Waals surface area contributed by atoms with Gasteiger partial charge in [0.1, 0.15) is 5.82 Å². The smallest absolute Gasteiger partial charge is 0.142 e. The van der Waals surface area contributed by atoms with E-state index in [2.05, 4.69) is 293 Å². The average molecular weight is 943 g/mol. The molecule has 0 N–H and O–H groups in total. The number of fused-ring (bicyclic) bond motifs is 7. The van der Waals surface area contributed by atoms with Gasteiger partial charge in [-0.1, -0.05) is 146 Å². The molecule has 350 valence electrons. The first-order chi connectivity index (χ1) is 36.0. The molecule has 0 saturated heterocycles. The van der Waals surface area contributed by atoms with Gasteiger partial charge in [-0.15, -0.1) is 0 Å². The molecule has 0 radical (unpaired) electrons. The Balaban J connectivity index is 1.32. The zero-order chi connectivity index (χ0) is 48.9. The molecule has 0 amide bonds. The summed E-state index contributed by atoms with van der Waals surface area (Å²) in [6, 6.07) is 83.8. The van der Waals surface area contributed by atoms with E-state index in [0.717, 1.165) is 130 Å². The molecule has 3 aliphatic heterocycles. The minimum Gasteiger partial charge on any atom is -0.341 e. The largest absolute Gasteiger partial charge is 0.341 e. The van der Waals surface area contributed by atoms with Crippen LogP contribution < -0.4 is 29.4 Å². The maximum absolute atomic E-state index is 5.74. The topological polar surface area (TPSA) is 37.3 Å². The van der Waals surface area contributed by atoms with Crippen molar-refractivity contribution in [1.29, 1.82) is 0 Å². The minimum absolute atomic E-state index is 0.860. The van der Waals surface area contributed by atoms with E-state index in [-0.39, 0.29) is 0 Å². The molecule has 8 nitrogen and oxygen atoms in total. The number of benzene rings is 10. The summed E-state index contributed by atoms with van der Waals surface area (Å²) in [5.41, 5.74) is 23.2. The van der Waals surface area contributed by atoms with Crippen LogP contribution in [0.5, 0.6) is 0 Å². The molecule has 0 fully saturated rings. The number of hydrogen-bond acceptors (Lipinski definition) is 7. The second kappa shape index (κ2) is 16.5. The molecule has 14 rings (SSSR count). The van der Waals surface area contributed by atoms with Gasteiger partial charge >= 0.3 is 0 Å². The highest BCUT2D eigenvalue weighted by molar-refractivity contribution is 6.21. The van der Waals surface area contributed by atoms with Gasteiger partial charge in [-0.3, -0.25) is 0 Å². The molecule has 0 bridgehead atoms. The molecule has 1 aromatic heterocycles. The Hall–Kier alpha value is -9.53. The molecule has 0 spiro atoms. The highest BCUT2D eigenvalue weighted by Gasteiger charge is 2.43. The standard InChI is InChI=1S/C65H50N8/c1-67-47-31-13-19-37-53(47)71(54-38-20-14-32-48(54)67)62-59(43-25-7-5-8-26-43)61(65-66-45-29-11-12-30-46(45)70(65)4)60(44-27-9-6-10-28-44)63(72-55-39-21-15-33-49(55)68(2)50-34-16-22-40-56(50)72)64(62)73-57-41-23-17-35-51(57)69(3)52-36-18-24-42-58(52)73/h5-42H,1-4H3. The summed E-state index contributed by atoms with van der Waals surface area (Å²) in [5, 5.41) is 0. The van der Waals surface area contributed by atoms with Gasteiger partial charge in [0.15, 0.2) is 0 Å². The van der Waals surface area contributed by atoms with Crippen molar-refractivity contribution in [3.63, 3.8) is 0 Å². The van der Waals surface area contributed by atoms with Crippen LogP contribution in [-0.2, 0) is 7.05 Å². The lowest BCUT2D eigenvalue weighted by Gasteiger charge is -2.47. The fourth-order valence-electron chi connectivity index (χ4n) is 11.8. The third kappa shape index (κ3) is 6.23. The number of anilines is 15. The van der Waals surface area contributed by atoms with Gasteiger partial charge in [-0.25, -0.2) is 4.98 Å². The number of aryl methyl sites for hydroxylation is 1. The molecular weight excluding hydrogens is 893 g/mol. The molecule has 8 heteroatoms. The Kier molecular flexibility index (Phi) is 9.60. The SMILES string of the molecule is CN1c2ccccc2N(c2c(-c3ccccc3)c(-c3nc4ccccc4n3C)c(-c3ccccc3)c(N3c4ccccc4N(C)c4ccccc43)c2N2c3ccccc3N(C)c3ccccc32)c2ccccc21. The summed E-state index contributed by atoms with van der Waals surface area (Å²) >= 11 is 0. The van der Waals surface area contributed by atoms with Crippen molar-refractivity contribution < 1.29 is 0 Å². The fraction of sp³-hybridized carbons (Fsp3) is 0.0615. The third-order valence-corrected chi connectivity index (χ3v) is 15.1. The second-order valence-electron chi connectivity index (χ2n) is 19.0. The fourth-order valence-corrected chi connectivity index (χ4v) is 11.8. The Morgan fingerprint density at radius 3 is 0.863 bits per heavy atom. The lowest BCUT2D eigenvalue weighted by atomic mass is 9.84. The van der Waals surface area contributed by atoms with Crippen LogP contribution in [-0.4, -0.2) is 30.7 Å². The second-order valence-corrected chi connectivity index (χ2v) is 19.0. The average Bonchev–Trinajstić information content (AvgIpc) is 3.79. The molecule has 4 heterocycles. The Morgan fingerprint density at radius 1 is 0.260 bits per heavy atom. The quantitative estimate of drug-likeness (QED) is 0.164. The van der Waals surface area contributed by atoms with Crippen LogP contribution in [0.2, 0.25) is 0 Å². The van der Waals surface area contributed by atoms with Crippen molar-refractivity contribution in [3.05, 3.63) is 231 Å². The van der Waals surface area contributed by atoms with Crippen LogP contribution in [0.3, 0.4) is 0 Å². The minimum atomic E-state index is 0.860. The van der Waals surface area contributed by atoms with Crippen LogP contribution in [0.25, 0.3) is 44.7 Å². The van der Waals surface area contributed by atoms with Crippen LogP contribution in [0, 0.1) is 0 Å². The molecular formula is C65H50N8. The summed E-state index contributed by atoms with van der Waals surface area (Å²) in [4.78, 5) is 20.4. The highest BCUT2D eigenvalue weighted by atomic mass is 15.3. The summed E-state index contributed by atoms with van der Waals surface area (Å²) in [7, 11) is 8.74. The van der Waals surface area contributed by atoms with Crippen molar-refractivity contribution in [3.8, 4) is 33.6 Å². The number of rotatable bonds is 6. The van der Waals surface area contributed by atoms with Gasteiger partial charge in [0.2, 0.25) is 0 Å². The van der Waals surface area contributed by atoms with Gasteiger partial charge < -0.3 is 34.0 Å². The van der Waals surface area contributed by atoms with E-state index in [1.807, 2.05) is 0 Å². The molecule has 0 atom stereocenters. The van der Waals surface area contributed by atoms with Crippen molar-refractivity contribution in [2.75, 3.05) is 50.5 Å². The van der Waals surface area contributed by atoms with Gasteiger partial charge in [0.25, 0.3) is 0 Å². The lowest BCUT2D eigenvalue weighted by Crippen LogP contribution is -2.31. The van der Waals surface area contributed by atoms with Crippen LogP contribution in [0.15, 0.2) is 231 Å². The summed E-state index contributed by atoms with van der Waals surface area (Å²) in [6.07, 6.45) is 0. The van der Waals surface area contributed by atoms with Gasteiger partial charge in [-0.2, -0.15) is 0 Å². The maximum Gasteiger partial charge on any atom is 0.142 e. The molecule has 11 aromatic rings. The molecule has 0 unspecified atom stereocenters. The molecule has 10 aromatic carbocycles. The van der Waals surface area contributed by atoms with E-state index < -0.39 is 0 Å². The number of nitrogens with zero attached hydrogens (tertiary/aromatic N) is 8. The summed E-state index contributed by atoms with van der Waals surface area (Å²) in [5.74, 6) is 0.860. The monoisotopic (exact) mass is 942 g/mol. The summed E-state index contributed by atoms with van der Waals surface area (Å²) in [6.45, 7) is 0. The van der Waals surface area contributed by atoms with Crippen LogP contribution >= 0.6 is 0 Å². The first kappa shape index (κ1) is 42.4. The number of hydrogen-bond donors (Lipinski definition) is 0. The maximum atomic E-state index is 5.74. The first-order valence-electron chi connectivity index (χ1n) is 24.9. The van der Waals surface area contributed by atoms with E-state index in [4.69, 9.17) is 4.98 Å². The number of imidazole rings is 1. The number of para-hydroxylation sites is 14. The molecule has 73 heavy (non-hydrogen) atoms. The van der Waals surface area contributed by atoms with Crippen molar-refractivity contribution in [2.24, 2.45) is 7.05 Å². The third-order valence-electron chi connectivity index (χ3n) is 15.1. The van der Waals surface area contributed by atoms with E-state index in [1.54, 1.807) is 0 Å². The van der Waals surface area contributed by atoms with Gasteiger partial charge in [-0.05, 0) is 96.1 Å². The molecule has 3 aliphatic rings. The van der Waals surface area contributed by atoms with Gasteiger partial charge in [0.05, 0.1) is 96.3 Å². The number of aromatic nitrogens is 2. The Bertz CT molecular complexity index is 3670. The first-order valence-corrected chi connectivity index (χ1v) is 24.9. The zero-order valence-corrected chi connectivity index (χ0v) is 41.0.